The molecule has 0 atom stereocenters. The van der Waals surface area contributed by atoms with Crippen LogP contribution in [0.5, 0.6) is 0 Å². The van der Waals surface area contributed by atoms with Gasteiger partial charge in [-0.25, -0.2) is 4.98 Å². The van der Waals surface area contributed by atoms with Gasteiger partial charge < -0.3 is 20.5 Å². The maximum absolute atomic E-state index is 11.2. The average molecular weight is 185 g/mol. The normalized spacial score (nSPS) is 10.4. The molecule has 0 aliphatic heterocycles. The molecule has 0 radical (unpaired) electrons. The summed E-state index contributed by atoms with van der Waals surface area (Å²) in [6.45, 7) is -0.591. The third-order valence-electron chi connectivity index (χ3n) is 1.52. The number of imidazole rings is 1. The van der Waals surface area contributed by atoms with Crippen LogP contribution >= 0.6 is 0 Å². The van der Waals surface area contributed by atoms with Gasteiger partial charge in [0.25, 0.3) is 5.91 Å². The van der Waals surface area contributed by atoms with E-state index in [-0.39, 0.29) is 13.2 Å². The second-order valence-corrected chi connectivity index (χ2v) is 2.50. The van der Waals surface area contributed by atoms with Gasteiger partial charge in [0.15, 0.2) is 0 Å². The van der Waals surface area contributed by atoms with Crippen LogP contribution in [0, 0.1) is 0 Å². The summed E-state index contributed by atoms with van der Waals surface area (Å²) in [5.74, 6) is -0.398. The standard InChI is InChI=1S/C7H11N3O3/c11-2-5(3-12)10-7(13)6-1-8-4-9-6/h1,4-5,11-12H,2-3H2,(H,8,9)(H,10,13). The first kappa shape index (κ1) is 9.69. The van der Waals surface area contributed by atoms with E-state index in [2.05, 4.69) is 15.3 Å². The Balaban J connectivity index is 2.50. The van der Waals surface area contributed by atoms with Crippen LogP contribution in [-0.4, -0.2) is 45.3 Å². The highest BCUT2D eigenvalue weighted by Crippen LogP contribution is 1.91. The van der Waals surface area contributed by atoms with Gasteiger partial charge in [-0.05, 0) is 0 Å². The second kappa shape index (κ2) is 4.58. The van der Waals surface area contributed by atoms with Crippen molar-refractivity contribution in [3.05, 3.63) is 18.2 Å². The molecule has 1 rings (SSSR count). The molecule has 4 N–H and O–H groups in total. The number of nitrogens with one attached hydrogen (secondary N) is 2. The van der Waals surface area contributed by atoms with Crippen molar-refractivity contribution in [1.29, 1.82) is 0 Å². The number of rotatable bonds is 4. The monoisotopic (exact) mass is 185 g/mol. The summed E-state index contributed by atoms with van der Waals surface area (Å²) in [5.41, 5.74) is 0.298. The predicted molar refractivity (Wildman–Crippen MR) is 44.0 cm³/mol. The fraction of sp³-hybridized carbons (Fsp3) is 0.429. The maximum Gasteiger partial charge on any atom is 0.269 e. The number of carbonyl (C=O) groups excluding carboxylic acids is 1. The number of aromatic amines is 1. The number of carbonyl (C=O) groups is 1. The van der Waals surface area contributed by atoms with Crippen LogP contribution in [0.4, 0.5) is 0 Å². The molecule has 0 aliphatic carbocycles. The van der Waals surface area contributed by atoms with Gasteiger partial charge in [0.1, 0.15) is 5.69 Å². The Hall–Kier alpha value is -1.40. The van der Waals surface area contributed by atoms with Crippen LogP contribution < -0.4 is 5.32 Å². The lowest BCUT2D eigenvalue weighted by atomic mass is 10.3. The van der Waals surface area contributed by atoms with Gasteiger partial charge in [0.05, 0.1) is 31.8 Å². The van der Waals surface area contributed by atoms with Crippen molar-refractivity contribution in [1.82, 2.24) is 15.3 Å². The Morgan fingerprint density at radius 1 is 1.62 bits per heavy atom. The van der Waals surface area contributed by atoms with Crippen molar-refractivity contribution >= 4 is 5.91 Å². The predicted octanol–water partition coefficient (Wildman–Crippen LogP) is -1.51. The van der Waals surface area contributed by atoms with E-state index in [4.69, 9.17) is 10.2 Å². The molecular weight excluding hydrogens is 174 g/mol. The minimum absolute atomic E-state index is 0.295. The van der Waals surface area contributed by atoms with Crippen LogP contribution in [0.15, 0.2) is 12.5 Å². The van der Waals surface area contributed by atoms with Gasteiger partial charge in [-0.15, -0.1) is 0 Å². The van der Waals surface area contributed by atoms with E-state index >= 15 is 0 Å². The molecule has 1 aromatic rings. The number of aliphatic hydroxyl groups excluding tert-OH is 2. The summed E-state index contributed by atoms with van der Waals surface area (Å²) in [7, 11) is 0. The molecule has 0 unspecified atom stereocenters. The molecule has 6 nitrogen and oxygen atoms in total. The van der Waals surface area contributed by atoms with Crippen molar-refractivity contribution in [2.24, 2.45) is 0 Å². The number of amides is 1. The third-order valence-corrected chi connectivity index (χ3v) is 1.52. The maximum atomic E-state index is 11.2. The van der Waals surface area contributed by atoms with Crippen LogP contribution in [0.3, 0.4) is 0 Å². The average Bonchev–Trinajstić information content (AvgIpc) is 2.66. The molecule has 0 spiro atoms. The summed E-state index contributed by atoms with van der Waals surface area (Å²) in [5, 5.41) is 19.8. The molecule has 1 heterocycles. The number of H-pyrrole nitrogens is 1. The number of aliphatic hydroxyl groups is 2. The number of hydrogen-bond acceptors (Lipinski definition) is 4. The van der Waals surface area contributed by atoms with Crippen LogP contribution in [0.25, 0.3) is 0 Å². The van der Waals surface area contributed by atoms with Crippen molar-refractivity contribution in [2.75, 3.05) is 13.2 Å². The van der Waals surface area contributed by atoms with E-state index in [1.807, 2.05) is 0 Å². The van der Waals surface area contributed by atoms with Gasteiger partial charge in [-0.1, -0.05) is 0 Å². The van der Waals surface area contributed by atoms with E-state index in [1.54, 1.807) is 0 Å². The lowest BCUT2D eigenvalue weighted by Gasteiger charge is -2.11. The zero-order valence-corrected chi connectivity index (χ0v) is 6.90. The highest BCUT2D eigenvalue weighted by Gasteiger charge is 2.12. The first-order valence-corrected chi connectivity index (χ1v) is 3.79. The molecule has 13 heavy (non-hydrogen) atoms. The van der Waals surface area contributed by atoms with Gasteiger partial charge >= 0.3 is 0 Å². The molecule has 0 aliphatic rings. The number of nitrogens with zero attached hydrogens (tertiary/aromatic N) is 1. The van der Waals surface area contributed by atoms with Gasteiger partial charge in [0.2, 0.25) is 0 Å². The van der Waals surface area contributed by atoms with E-state index in [0.29, 0.717) is 5.69 Å². The van der Waals surface area contributed by atoms with Crippen LogP contribution in [-0.2, 0) is 0 Å². The van der Waals surface area contributed by atoms with E-state index < -0.39 is 11.9 Å². The smallest absolute Gasteiger partial charge is 0.269 e. The van der Waals surface area contributed by atoms with Crippen molar-refractivity contribution in [2.45, 2.75) is 6.04 Å². The lowest BCUT2D eigenvalue weighted by Crippen LogP contribution is -2.40. The Morgan fingerprint density at radius 3 is 2.77 bits per heavy atom. The molecular formula is C7H11N3O3. The topological polar surface area (TPSA) is 98.2 Å². The summed E-state index contributed by atoms with van der Waals surface area (Å²) in [6.07, 6.45) is 2.74. The molecule has 1 aromatic heterocycles. The second-order valence-electron chi connectivity index (χ2n) is 2.50. The largest absolute Gasteiger partial charge is 0.394 e. The summed E-state index contributed by atoms with van der Waals surface area (Å²) < 4.78 is 0. The first-order valence-electron chi connectivity index (χ1n) is 3.79. The van der Waals surface area contributed by atoms with Crippen LogP contribution in [0.1, 0.15) is 10.5 Å². The molecule has 6 heteroatoms. The van der Waals surface area contributed by atoms with Crippen molar-refractivity contribution in [3.8, 4) is 0 Å². The fourth-order valence-electron chi connectivity index (χ4n) is 0.792. The minimum atomic E-state index is -0.629. The Labute approximate surface area is 74.6 Å². The molecule has 0 aromatic carbocycles. The van der Waals surface area contributed by atoms with Crippen LogP contribution in [0.2, 0.25) is 0 Å². The highest BCUT2D eigenvalue weighted by atomic mass is 16.3. The Bertz CT molecular complexity index is 256. The SMILES string of the molecule is O=C(NC(CO)CO)c1cnc[nH]1. The van der Waals surface area contributed by atoms with Crippen molar-refractivity contribution < 1.29 is 15.0 Å². The zero-order valence-electron chi connectivity index (χ0n) is 6.90. The molecule has 72 valence electrons. The minimum Gasteiger partial charge on any atom is -0.394 e. The molecule has 0 bridgehead atoms. The molecule has 0 saturated carbocycles. The first-order chi connectivity index (χ1) is 6.27. The van der Waals surface area contributed by atoms with Gasteiger partial charge in [0, 0.05) is 0 Å². The van der Waals surface area contributed by atoms with E-state index in [9.17, 15) is 4.79 Å². The summed E-state index contributed by atoms with van der Waals surface area (Å²) >= 11 is 0. The third kappa shape index (κ3) is 2.53. The number of aromatic nitrogens is 2. The molecule has 0 fully saturated rings. The molecule has 1 amide bonds. The number of hydrogen-bond donors (Lipinski definition) is 4. The zero-order chi connectivity index (χ0) is 9.68. The van der Waals surface area contributed by atoms with Gasteiger partial charge in [-0.2, -0.15) is 0 Å². The molecule has 0 saturated heterocycles. The highest BCUT2D eigenvalue weighted by molar-refractivity contribution is 5.92. The quantitative estimate of drug-likeness (QED) is 0.458. The van der Waals surface area contributed by atoms with E-state index in [0.717, 1.165) is 0 Å². The Kier molecular flexibility index (Phi) is 3.41. The Morgan fingerprint density at radius 2 is 2.31 bits per heavy atom. The van der Waals surface area contributed by atoms with Gasteiger partial charge in [-0.3, -0.25) is 4.79 Å². The fourth-order valence-corrected chi connectivity index (χ4v) is 0.792. The summed E-state index contributed by atoms with van der Waals surface area (Å²) in [6, 6.07) is -0.629. The summed E-state index contributed by atoms with van der Waals surface area (Å²) in [4.78, 5) is 17.5. The van der Waals surface area contributed by atoms with E-state index in [1.165, 1.54) is 12.5 Å². The lowest BCUT2D eigenvalue weighted by molar-refractivity contribution is 0.0875. The van der Waals surface area contributed by atoms with Crippen molar-refractivity contribution in [3.63, 3.8) is 0 Å².